The van der Waals surface area contributed by atoms with Gasteiger partial charge in [0.15, 0.2) is 0 Å². The molecule has 22 heavy (non-hydrogen) atoms. The molecule has 0 radical (unpaired) electrons. The highest BCUT2D eigenvalue weighted by molar-refractivity contribution is 6.07. The zero-order chi connectivity index (χ0) is 15.7. The van der Waals surface area contributed by atoms with Gasteiger partial charge >= 0.3 is 6.18 Å². The number of aromatic nitrogens is 1. The molecule has 0 aliphatic carbocycles. The summed E-state index contributed by atoms with van der Waals surface area (Å²) in [5.74, 6) is -0.246. The van der Waals surface area contributed by atoms with Crippen LogP contribution >= 0.6 is 0 Å². The van der Waals surface area contributed by atoms with Crippen molar-refractivity contribution >= 4 is 17.3 Å². The van der Waals surface area contributed by atoms with Gasteiger partial charge in [0.05, 0.1) is 11.4 Å². The van der Waals surface area contributed by atoms with Crippen LogP contribution in [-0.4, -0.2) is 36.7 Å². The fourth-order valence-corrected chi connectivity index (χ4v) is 2.62. The van der Waals surface area contributed by atoms with Crippen molar-refractivity contribution in [1.29, 1.82) is 0 Å². The van der Waals surface area contributed by atoms with Crippen molar-refractivity contribution in [3.05, 3.63) is 48.3 Å². The van der Waals surface area contributed by atoms with Crippen LogP contribution in [-0.2, 0) is 0 Å². The van der Waals surface area contributed by atoms with Gasteiger partial charge in [-0.3, -0.25) is 4.79 Å². The standard InChI is InChI=1S/C15H14F3N3O/c16-15(17,18)10-20-8-9-21(13-6-2-1-5-12(13)20)14(22)11-4-3-7-19-11/h1-7,19H,8-10H2. The molecule has 116 valence electrons. The number of carbonyl (C=O) groups excluding carboxylic acids is 1. The Labute approximate surface area is 125 Å². The Balaban J connectivity index is 1.93. The SMILES string of the molecule is O=C(c1ccc[nH]1)N1CCN(CC(F)(F)F)c2ccccc21. The van der Waals surface area contributed by atoms with E-state index in [0.717, 1.165) is 0 Å². The van der Waals surface area contributed by atoms with E-state index in [0.29, 0.717) is 17.1 Å². The quantitative estimate of drug-likeness (QED) is 0.926. The Morgan fingerprint density at radius 2 is 1.82 bits per heavy atom. The fourth-order valence-electron chi connectivity index (χ4n) is 2.62. The number of nitrogens with one attached hydrogen (secondary N) is 1. The first-order chi connectivity index (χ1) is 10.5. The third-order valence-corrected chi connectivity index (χ3v) is 3.55. The van der Waals surface area contributed by atoms with Crippen molar-refractivity contribution in [3.8, 4) is 0 Å². The van der Waals surface area contributed by atoms with E-state index in [2.05, 4.69) is 4.98 Å². The predicted molar refractivity (Wildman–Crippen MR) is 77.2 cm³/mol. The summed E-state index contributed by atoms with van der Waals surface area (Å²) in [5, 5.41) is 0. The van der Waals surface area contributed by atoms with E-state index >= 15 is 0 Å². The van der Waals surface area contributed by atoms with Gasteiger partial charge in [0.25, 0.3) is 5.91 Å². The number of rotatable bonds is 2. The van der Waals surface area contributed by atoms with Gasteiger partial charge in [0.2, 0.25) is 0 Å². The van der Waals surface area contributed by atoms with Crippen LogP contribution in [0.25, 0.3) is 0 Å². The number of hydrogen-bond donors (Lipinski definition) is 1. The molecule has 0 atom stereocenters. The van der Waals surface area contributed by atoms with Crippen molar-refractivity contribution in [2.75, 3.05) is 29.4 Å². The number of aromatic amines is 1. The van der Waals surface area contributed by atoms with E-state index in [1.165, 1.54) is 9.80 Å². The molecule has 4 nitrogen and oxygen atoms in total. The second-order valence-electron chi connectivity index (χ2n) is 5.07. The van der Waals surface area contributed by atoms with E-state index in [9.17, 15) is 18.0 Å². The first kappa shape index (κ1) is 14.5. The van der Waals surface area contributed by atoms with E-state index in [1.54, 1.807) is 42.6 Å². The maximum atomic E-state index is 12.7. The zero-order valence-electron chi connectivity index (χ0n) is 11.6. The summed E-state index contributed by atoms with van der Waals surface area (Å²) in [6.45, 7) is -0.664. The van der Waals surface area contributed by atoms with Crippen LogP contribution in [0.1, 0.15) is 10.5 Å². The Bertz CT molecular complexity index is 667. The number of amides is 1. The highest BCUT2D eigenvalue weighted by atomic mass is 19.4. The van der Waals surface area contributed by atoms with Crippen LogP contribution in [0.15, 0.2) is 42.6 Å². The summed E-state index contributed by atoms with van der Waals surface area (Å²) in [5.41, 5.74) is 1.34. The molecular formula is C15H14F3N3O. The lowest BCUT2D eigenvalue weighted by Crippen LogP contribution is -2.47. The van der Waals surface area contributed by atoms with Crippen LogP contribution < -0.4 is 9.80 Å². The average Bonchev–Trinajstić information content (AvgIpc) is 3.00. The average molecular weight is 309 g/mol. The number of benzene rings is 1. The topological polar surface area (TPSA) is 39.3 Å². The summed E-state index contributed by atoms with van der Waals surface area (Å²) >= 11 is 0. The second-order valence-corrected chi connectivity index (χ2v) is 5.07. The molecule has 0 spiro atoms. The largest absolute Gasteiger partial charge is 0.405 e. The number of nitrogens with zero attached hydrogens (tertiary/aromatic N) is 2. The zero-order valence-corrected chi connectivity index (χ0v) is 11.6. The highest BCUT2D eigenvalue weighted by Crippen LogP contribution is 2.35. The maximum absolute atomic E-state index is 12.7. The third-order valence-electron chi connectivity index (χ3n) is 3.55. The van der Waals surface area contributed by atoms with E-state index in [4.69, 9.17) is 0 Å². The number of hydrogen-bond acceptors (Lipinski definition) is 2. The molecule has 3 rings (SSSR count). The molecule has 0 saturated carbocycles. The Morgan fingerprint density at radius 1 is 1.09 bits per heavy atom. The molecule has 1 N–H and O–H groups in total. The molecule has 1 aromatic carbocycles. The van der Waals surface area contributed by atoms with Gasteiger partial charge < -0.3 is 14.8 Å². The molecule has 2 aromatic rings. The predicted octanol–water partition coefficient (Wildman–Crippen LogP) is 3.04. The maximum Gasteiger partial charge on any atom is 0.405 e. The molecule has 0 fully saturated rings. The number of alkyl halides is 3. The molecule has 7 heteroatoms. The first-order valence-electron chi connectivity index (χ1n) is 6.82. The number of anilines is 2. The fraction of sp³-hybridized carbons (Fsp3) is 0.267. The summed E-state index contributed by atoms with van der Waals surface area (Å²) in [7, 11) is 0. The van der Waals surface area contributed by atoms with Crippen molar-refractivity contribution in [2.24, 2.45) is 0 Å². The summed E-state index contributed by atoms with van der Waals surface area (Å²) in [6, 6.07) is 10.0. The van der Waals surface area contributed by atoms with Gasteiger partial charge in [-0.2, -0.15) is 13.2 Å². The van der Waals surface area contributed by atoms with Crippen LogP contribution in [0.3, 0.4) is 0 Å². The Morgan fingerprint density at radius 3 is 2.45 bits per heavy atom. The van der Waals surface area contributed by atoms with Crippen molar-refractivity contribution in [3.63, 3.8) is 0 Å². The summed E-state index contributed by atoms with van der Waals surface area (Å²) in [4.78, 5) is 18.1. The molecule has 0 saturated heterocycles. The Kier molecular flexibility index (Phi) is 3.56. The van der Waals surface area contributed by atoms with Gasteiger partial charge in [0.1, 0.15) is 12.2 Å². The minimum atomic E-state index is -4.28. The van der Waals surface area contributed by atoms with E-state index in [-0.39, 0.29) is 19.0 Å². The lowest BCUT2D eigenvalue weighted by molar-refractivity contribution is -0.119. The van der Waals surface area contributed by atoms with Gasteiger partial charge in [-0.15, -0.1) is 0 Å². The first-order valence-corrected chi connectivity index (χ1v) is 6.82. The van der Waals surface area contributed by atoms with Crippen LogP contribution in [0.4, 0.5) is 24.5 Å². The second kappa shape index (κ2) is 5.40. The molecule has 2 heterocycles. The van der Waals surface area contributed by atoms with Crippen molar-refractivity contribution in [2.45, 2.75) is 6.18 Å². The minimum absolute atomic E-state index is 0.142. The minimum Gasteiger partial charge on any atom is -0.359 e. The van der Waals surface area contributed by atoms with Crippen LogP contribution in [0.5, 0.6) is 0 Å². The van der Waals surface area contributed by atoms with Crippen molar-refractivity contribution in [1.82, 2.24) is 4.98 Å². The van der Waals surface area contributed by atoms with Crippen LogP contribution in [0, 0.1) is 0 Å². The van der Waals surface area contributed by atoms with E-state index in [1.807, 2.05) is 0 Å². The lowest BCUT2D eigenvalue weighted by atomic mass is 10.1. The Hall–Kier alpha value is -2.44. The molecule has 0 bridgehead atoms. The number of carbonyl (C=O) groups is 1. The highest BCUT2D eigenvalue weighted by Gasteiger charge is 2.35. The molecular weight excluding hydrogens is 295 g/mol. The monoisotopic (exact) mass is 309 g/mol. The number of H-pyrrole nitrogens is 1. The molecule has 0 unspecified atom stereocenters. The molecule has 1 aromatic heterocycles. The van der Waals surface area contributed by atoms with Gasteiger partial charge in [-0.05, 0) is 24.3 Å². The van der Waals surface area contributed by atoms with Crippen LogP contribution in [0.2, 0.25) is 0 Å². The number of para-hydroxylation sites is 2. The van der Waals surface area contributed by atoms with Gasteiger partial charge in [-0.1, -0.05) is 12.1 Å². The van der Waals surface area contributed by atoms with Gasteiger partial charge in [0, 0.05) is 19.3 Å². The third kappa shape index (κ3) is 2.79. The van der Waals surface area contributed by atoms with E-state index < -0.39 is 12.7 Å². The number of fused-ring (bicyclic) bond motifs is 1. The number of halogens is 3. The van der Waals surface area contributed by atoms with Gasteiger partial charge in [-0.25, -0.2) is 0 Å². The summed E-state index contributed by atoms with van der Waals surface area (Å²) < 4.78 is 38.1. The lowest BCUT2D eigenvalue weighted by Gasteiger charge is -2.37. The molecule has 1 amide bonds. The summed E-state index contributed by atoms with van der Waals surface area (Å²) in [6.07, 6.45) is -2.64. The normalized spacial score (nSPS) is 14.9. The smallest absolute Gasteiger partial charge is 0.359 e. The molecule has 1 aliphatic rings. The van der Waals surface area contributed by atoms with Crippen molar-refractivity contribution < 1.29 is 18.0 Å². The molecule has 1 aliphatic heterocycles.